The minimum atomic E-state index is -3.68. The Hall–Kier alpha value is -2.99. The molecule has 1 spiro atoms. The SMILES string of the molecule is COC[C@@H]1CCCN1S(=O)(=O)N[C@@H]1CC[C@](O)(CN2CCC3(CC2)CN(c2ncncc2Oc2ccc(F)cc2C(=O)N(C(C)C)C(C)C)C3)OC1. The molecule has 2 aromatic rings. The van der Waals surface area contributed by atoms with E-state index >= 15 is 0 Å². The Labute approximate surface area is 306 Å². The Morgan fingerprint density at radius 1 is 1.12 bits per heavy atom. The smallest absolute Gasteiger partial charge is 0.280 e. The summed E-state index contributed by atoms with van der Waals surface area (Å²) in [6.45, 7) is 12.1. The van der Waals surface area contributed by atoms with Crippen LogP contribution in [0, 0.1) is 11.2 Å². The van der Waals surface area contributed by atoms with E-state index in [2.05, 4.69) is 24.5 Å². The average molecular weight is 748 g/mol. The van der Waals surface area contributed by atoms with Gasteiger partial charge in [-0.15, -0.1) is 0 Å². The van der Waals surface area contributed by atoms with E-state index in [4.69, 9.17) is 14.2 Å². The fourth-order valence-corrected chi connectivity index (χ4v) is 9.93. The number of carbonyl (C=O) groups excluding carboxylic acids is 1. The van der Waals surface area contributed by atoms with E-state index in [0.717, 1.165) is 51.9 Å². The van der Waals surface area contributed by atoms with Gasteiger partial charge in [0.1, 0.15) is 17.9 Å². The summed E-state index contributed by atoms with van der Waals surface area (Å²) < 4.78 is 62.2. The second-order valence-corrected chi connectivity index (χ2v) is 17.1. The molecular formula is C36H54FN7O7S. The van der Waals surface area contributed by atoms with Crippen LogP contribution in [0.15, 0.2) is 30.7 Å². The van der Waals surface area contributed by atoms with Gasteiger partial charge >= 0.3 is 0 Å². The number of halogens is 1. The number of nitrogens with one attached hydrogen (secondary N) is 1. The first-order chi connectivity index (χ1) is 24.7. The van der Waals surface area contributed by atoms with Crippen LogP contribution in [-0.4, -0.2) is 133 Å². The highest BCUT2D eigenvalue weighted by Gasteiger charge is 2.48. The molecule has 1 aromatic carbocycles. The van der Waals surface area contributed by atoms with Crippen LogP contribution in [0.25, 0.3) is 0 Å². The number of nitrogens with zero attached hydrogens (tertiary/aromatic N) is 6. The summed E-state index contributed by atoms with van der Waals surface area (Å²) in [6.07, 6.45) is 7.30. The molecule has 6 rings (SSSR count). The van der Waals surface area contributed by atoms with Gasteiger partial charge in [0.05, 0.1) is 31.5 Å². The van der Waals surface area contributed by atoms with Gasteiger partial charge in [0.15, 0.2) is 17.4 Å². The number of hydrogen-bond acceptors (Lipinski definition) is 11. The Morgan fingerprint density at radius 3 is 2.50 bits per heavy atom. The zero-order valence-electron chi connectivity index (χ0n) is 31.0. The maximum atomic E-state index is 14.4. The Morgan fingerprint density at radius 2 is 1.85 bits per heavy atom. The monoisotopic (exact) mass is 747 g/mol. The van der Waals surface area contributed by atoms with Crippen molar-refractivity contribution < 1.29 is 36.9 Å². The van der Waals surface area contributed by atoms with Crippen LogP contribution in [0.2, 0.25) is 0 Å². The van der Waals surface area contributed by atoms with Gasteiger partial charge in [-0.05, 0) is 91.1 Å². The van der Waals surface area contributed by atoms with Crippen molar-refractivity contribution in [3.63, 3.8) is 0 Å². The lowest BCUT2D eigenvalue weighted by Crippen LogP contribution is -2.62. The molecule has 0 bridgehead atoms. The number of benzene rings is 1. The quantitative estimate of drug-likeness (QED) is 0.311. The van der Waals surface area contributed by atoms with Crippen LogP contribution < -0.4 is 14.4 Å². The zero-order chi connectivity index (χ0) is 37.3. The maximum absolute atomic E-state index is 14.4. The number of anilines is 1. The summed E-state index contributed by atoms with van der Waals surface area (Å²) in [5.74, 6) is -0.917. The topological polar surface area (TPSA) is 150 Å². The van der Waals surface area contributed by atoms with Gasteiger partial charge in [0.25, 0.3) is 16.1 Å². The number of ether oxygens (including phenoxy) is 3. The molecule has 3 atom stereocenters. The van der Waals surface area contributed by atoms with Crippen molar-refractivity contribution in [3.8, 4) is 11.5 Å². The van der Waals surface area contributed by atoms with E-state index < -0.39 is 27.9 Å². The summed E-state index contributed by atoms with van der Waals surface area (Å²) in [6, 6.07) is 3.23. The molecule has 4 aliphatic heterocycles. The largest absolute Gasteiger partial charge is 0.451 e. The van der Waals surface area contributed by atoms with Crippen molar-refractivity contribution in [2.45, 2.75) is 96.2 Å². The van der Waals surface area contributed by atoms with Crippen molar-refractivity contribution in [1.29, 1.82) is 0 Å². The second-order valence-electron chi connectivity index (χ2n) is 15.5. The van der Waals surface area contributed by atoms with E-state index in [-0.39, 0.29) is 47.4 Å². The first-order valence-corrected chi connectivity index (χ1v) is 19.9. The normalized spacial score (nSPS) is 25.5. The standard InChI is InChI=1S/C36H54FN7O7S/c1-25(2)44(26(3)4)34(45)30-17-27(37)8-9-31(30)51-32-18-38-24-39-33(32)42-21-35(22-42)12-15-41(16-13-35)23-36(46)11-10-28(19-50-36)40-52(47,48)43-14-6-7-29(43)20-49-5/h8-9,17-18,24-26,28-29,40,46H,6-7,10-16,19-23H2,1-5H3/t28-,29+,36-/m1/s1. The lowest BCUT2D eigenvalue weighted by atomic mass is 9.72. The second kappa shape index (κ2) is 15.8. The number of rotatable bonds is 13. The fraction of sp³-hybridized carbons (Fsp3) is 0.694. The van der Waals surface area contributed by atoms with E-state index in [1.807, 2.05) is 27.7 Å². The van der Waals surface area contributed by atoms with Gasteiger partial charge in [-0.1, -0.05) is 0 Å². The summed E-state index contributed by atoms with van der Waals surface area (Å²) in [7, 11) is -2.10. The van der Waals surface area contributed by atoms with Crippen LogP contribution in [-0.2, 0) is 19.7 Å². The molecule has 0 aliphatic carbocycles. The first kappa shape index (κ1) is 38.7. The molecule has 52 heavy (non-hydrogen) atoms. The molecule has 5 heterocycles. The molecule has 288 valence electrons. The van der Waals surface area contributed by atoms with Crippen LogP contribution in [0.1, 0.15) is 76.6 Å². The highest BCUT2D eigenvalue weighted by atomic mass is 32.2. The van der Waals surface area contributed by atoms with Crippen molar-refractivity contribution in [2.75, 3.05) is 64.5 Å². The summed E-state index contributed by atoms with van der Waals surface area (Å²) in [4.78, 5) is 28.3. The highest BCUT2D eigenvalue weighted by molar-refractivity contribution is 7.87. The number of aromatic nitrogens is 2. The molecule has 16 heteroatoms. The maximum Gasteiger partial charge on any atom is 0.280 e. The molecule has 1 amide bonds. The molecule has 4 aliphatic rings. The Balaban J connectivity index is 1.01. The number of piperidine rings is 1. The van der Waals surface area contributed by atoms with Crippen molar-refractivity contribution in [2.24, 2.45) is 5.41 Å². The summed E-state index contributed by atoms with van der Waals surface area (Å²) >= 11 is 0. The van der Waals surface area contributed by atoms with Gasteiger partial charge in [-0.25, -0.2) is 14.4 Å². The molecule has 1 aromatic heterocycles. The number of aliphatic hydroxyl groups is 1. The van der Waals surface area contributed by atoms with Crippen molar-refractivity contribution >= 4 is 21.9 Å². The number of β-amino-alcohol motifs (C(OH)–C–C–N with tert-alkyl or cyclic N) is 1. The molecular weight excluding hydrogens is 694 g/mol. The number of hydrogen-bond donors (Lipinski definition) is 2. The number of likely N-dealkylation sites (tertiary alicyclic amines) is 1. The van der Waals surface area contributed by atoms with Crippen LogP contribution in [0.3, 0.4) is 0 Å². The van der Waals surface area contributed by atoms with Crippen molar-refractivity contribution in [3.05, 3.63) is 42.1 Å². The predicted octanol–water partition coefficient (Wildman–Crippen LogP) is 3.38. The number of carbonyl (C=O) groups is 1. The van der Waals surface area contributed by atoms with Gasteiger partial charge in [-0.3, -0.25) is 9.69 Å². The fourth-order valence-electron chi connectivity index (χ4n) is 8.26. The van der Waals surface area contributed by atoms with E-state index in [0.29, 0.717) is 44.1 Å². The van der Waals surface area contributed by atoms with Gasteiger partial charge < -0.3 is 29.1 Å². The summed E-state index contributed by atoms with van der Waals surface area (Å²) in [5.41, 5.74) is 0.226. The third-order valence-electron chi connectivity index (χ3n) is 10.9. The predicted molar refractivity (Wildman–Crippen MR) is 193 cm³/mol. The minimum Gasteiger partial charge on any atom is -0.451 e. The lowest BCUT2D eigenvalue weighted by Gasteiger charge is -2.55. The van der Waals surface area contributed by atoms with E-state index in [1.165, 1.54) is 28.8 Å². The van der Waals surface area contributed by atoms with Gasteiger partial charge in [-0.2, -0.15) is 17.4 Å². The van der Waals surface area contributed by atoms with Crippen LogP contribution >= 0.6 is 0 Å². The molecule has 0 saturated carbocycles. The van der Waals surface area contributed by atoms with Crippen molar-refractivity contribution in [1.82, 2.24) is 28.8 Å². The average Bonchev–Trinajstić information content (AvgIpc) is 3.56. The van der Waals surface area contributed by atoms with Crippen LogP contribution in [0.4, 0.5) is 10.2 Å². The molecule has 0 radical (unpaired) electrons. The molecule has 2 N–H and O–H groups in total. The molecule has 4 fully saturated rings. The molecule has 4 saturated heterocycles. The van der Waals surface area contributed by atoms with E-state index in [1.54, 1.807) is 18.2 Å². The van der Waals surface area contributed by atoms with Gasteiger partial charge in [0.2, 0.25) is 0 Å². The van der Waals surface area contributed by atoms with Crippen LogP contribution in [0.5, 0.6) is 11.5 Å². The molecule has 0 unspecified atom stereocenters. The highest BCUT2D eigenvalue weighted by Crippen LogP contribution is 2.45. The Kier molecular flexibility index (Phi) is 11.7. The minimum absolute atomic E-state index is 0.0837. The van der Waals surface area contributed by atoms with Gasteiger partial charge in [0, 0.05) is 62.7 Å². The summed E-state index contributed by atoms with van der Waals surface area (Å²) in [5, 5.41) is 11.3. The third kappa shape index (κ3) is 8.53. The van der Waals surface area contributed by atoms with E-state index in [9.17, 15) is 22.7 Å². The number of methoxy groups -OCH3 is 1. The Bertz CT molecular complexity index is 1650. The molecule has 14 nitrogen and oxygen atoms in total. The third-order valence-corrected chi connectivity index (χ3v) is 12.6. The lowest BCUT2D eigenvalue weighted by molar-refractivity contribution is -0.239. The first-order valence-electron chi connectivity index (χ1n) is 18.4. The zero-order valence-corrected chi connectivity index (χ0v) is 31.8. The number of amides is 1.